The number of hydrogen-bond donors (Lipinski definition) is 3. The van der Waals surface area contributed by atoms with Crippen molar-refractivity contribution < 1.29 is 29.6 Å². The van der Waals surface area contributed by atoms with Crippen molar-refractivity contribution in [3.63, 3.8) is 0 Å². The van der Waals surface area contributed by atoms with Crippen LogP contribution in [0.2, 0.25) is 51.4 Å². The summed E-state index contributed by atoms with van der Waals surface area (Å²) in [6, 6.07) is 16.0. The number of benzene rings is 1. The molecule has 1 fully saturated rings. The lowest BCUT2D eigenvalue weighted by atomic mass is 9.79. The van der Waals surface area contributed by atoms with Crippen molar-refractivity contribution in [2.45, 2.75) is 95.7 Å². The van der Waals surface area contributed by atoms with E-state index < -0.39 is 34.3 Å². The molecule has 0 atom stereocenters. The van der Waals surface area contributed by atoms with Gasteiger partial charge < -0.3 is 29.7 Å². The van der Waals surface area contributed by atoms with E-state index in [2.05, 4.69) is 39.3 Å². The third-order valence-corrected chi connectivity index (χ3v) is 12.9. The maximum absolute atomic E-state index is 11.9. The molecule has 4 aromatic rings. The van der Waals surface area contributed by atoms with Gasteiger partial charge in [-0.05, 0) is 43.8 Å². The van der Waals surface area contributed by atoms with Crippen LogP contribution in [0.25, 0.3) is 28.0 Å². The molecule has 13 heteroatoms. The number of nitrogens with zero attached hydrogens (tertiary/aromatic N) is 5. The highest BCUT2D eigenvalue weighted by Gasteiger charge is 2.33. The number of carbonyl (C=O) groups is 1. The molecule has 1 aliphatic rings. The summed E-state index contributed by atoms with van der Waals surface area (Å²) in [7, 11) is -2.71. The second-order valence-corrected chi connectivity index (χ2v) is 27.4. The van der Waals surface area contributed by atoms with E-state index in [-0.39, 0.29) is 25.8 Å². The van der Waals surface area contributed by atoms with Crippen molar-refractivity contribution in [3.8, 4) is 22.4 Å². The van der Waals surface area contributed by atoms with Gasteiger partial charge in [-0.25, -0.2) is 4.98 Å². The minimum Gasteiger partial charge on any atom is -0.481 e. The number of anilines is 1. The van der Waals surface area contributed by atoms with Gasteiger partial charge in [0.25, 0.3) is 0 Å². The van der Waals surface area contributed by atoms with E-state index in [0.29, 0.717) is 55.9 Å². The molecule has 51 heavy (non-hydrogen) atoms. The Kier molecular flexibility index (Phi) is 12.9. The van der Waals surface area contributed by atoms with Gasteiger partial charge in [-0.2, -0.15) is 9.61 Å². The number of aliphatic hydroxyl groups excluding tert-OH is 1. The summed E-state index contributed by atoms with van der Waals surface area (Å²) in [6.45, 7) is 15.6. The molecule has 0 aliphatic heterocycles. The highest BCUT2D eigenvalue weighted by molar-refractivity contribution is 6.76. The van der Waals surface area contributed by atoms with Gasteiger partial charge in [0.15, 0.2) is 11.9 Å². The molecule has 3 heterocycles. The lowest BCUT2D eigenvalue weighted by molar-refractivity contribution is -0.142. The molecule has 0 saturated heterocycles. The van der Waals surface area contributed by atoms with Gasteiger partial charge in [0.2, 0.25) is 0 Å². The van der Waals surface area contributed by atoms with Crippen LogP contribution in [0.5, 0.6) is 0 Å². The van der Waals surface area contributed by atoms with Crippen LogP contribution >= 0.6 is 0 Å². The van der Waals surface area contributed by atoms with Crippen LogP contribution < -0.4 is 4.90 Å². The number of aliphatic hydroxyl groups is 2. The number of pyridine rings is 1. The van der Waals surface area contributed by atoms with Crippen molar-refractivity contribution in [2.75, 3.05) is 31.6 Å². The average Bonchev–Trinajstić information content (AvgIpc) is 3.50. The summed E-state index contributed by atoms with van der Waals surface area (Å²) in [5.74, 6) is -0.594. The van der Waals surface area contributed by atoms with Crippen LogP contribution in [0.15, 0.2) is 54.9 Å². The molecule has 276 valence electrons. The number of aromatic nitrogens is 4. The number of carboxylic acid groups (broad SMARTS) is 1. The Bertz CT molecular complexity index is 1710. The van der Waals surface area contributed by atoms with Crippen molar-refractivity contribution >= 4 is 33.6 Å². The highest BCUT2D eigenvalue weighted by Crippen LogP contribution is 2.41. The van der Waals surface area contributed by atoms with E-state index in [1.54, 1.807) is 10.7 Å². The first-order chi connectivity index (χ1) is 24.2. The Hall–Kier alpha value is -3.47. The number of aliphatic carboxylic acids is 1. The standard InChI is InChI=1S/C38H55N5O6Si2/c1-50(2,3)20-18-48-25-42(26-49-19-21-51(4,5)6)37-31(22-34(44)45)35(28-12-14-29(15-13-28)38(46)47)41-36-32(24-40-43(36)37)30-16-17-33(39-23-30)27-10-8-7-9-11-27/h7-11,16-17,23-24,28-29,34,44-45H,12-15,18-22,25-26H2,1-6H3,(H,46,47). The van der Waals surface area contributed by atoms with Gasteiger partial charge in [0.05, 0.1) is 23.5 Å². The molecule has 0 bridgehead atoms. The molecule has 1 saturated carbocycles. The smallest absolute Gasteiger partial charge is 0.306 e. The third-order valence-electron chi connectivity index (χ3n) is 9.53. The normalized spacial score (nSPS) is 17.0. The van der Waals surface area contributed by atoms with Crippen LogP contribution in [0, 0.1) is 5.92 Å². The number of fused-ring (bicyclic) bond motifs is 1. The van der Waals surface area contributed by atoms with Gasteiger partial charge in [-0.1, -0.05) is 75.7 Å². The molecule has 0 radical (unpaired) electrons. The molecule has 0 unspecified atom stereocenters. The summed E-state index contributed by atoms with van der Waals surface area (Å²) in [4.78, 5) is 23.9. The first-order valence-corrected chi connectivity index (χ1v) is 25.5. The number of ether oxygens (including phenoxy) is 2. The minimum absolute atomic E-state index is 0.0677. The van der Waals surface area contributed by atoms with Gasteiger partial charge >= 0.3 is 5.97 Å². The van der Waals surface area contributed by atoms with Crippen molar-refractivity contribution in [1.29, 1.82) is 0 Å². The van der Waals surface area contributed by atoms with Crippen LogP contribution in [0.4, 0.5) is 5.82 Å². The van der Waals surface area contributed by atoms with E-state index >= 15 is 0 Å². The van der Waals surface area contributed by atoms with Gasteiger partial charge in [-0.3, -0.25) is 9.78 Å². The Morgan fingerprint density at radius 3 is 2.04 bits per heavy atom. The maximum Gasteiger partial charge on any atom is 0.306 e. The topological polar surface area (TPSA) is 143 Å². The summed E-state index contributed by atoms with van der Waals surface area (Å²) < 4.78 is 14.4. The molecule has 3 N–H and O–H groups in total. The van der Waals surface area contributed by atoms with E-state index in [0.717, 1.165) is 40.2 Å². The Balaban J connectivity index is 1.62. The predicted octanol–water partition coefficient (Wildman–Crippen LogP) is 7.10. The number of hydrogen-bond acceptors (Lipinski definition) is 9. The SMILES string of the molecule is C[Si](C)(C)CCOCN(COCC[Si](C)(C)C)c1c(CC(O)O)c(C2CCC(C(=O)O)CC2)nc2c(-c3ccc(-c4ccccc4)nc3)cnn12. The lowest BCUT2D eigenvalue weighted by Gasteiger charge is -2.32. The van der Waals surface area contributed by atoms with Gasteiger partial charge in [-0.15, -0.1) is 0 Å². The molecule has 1 aliphatic carbocycles. The number of carboxylic acids is 1. The van der Waals surface area contributed by atoms with E-state index in [4.69, 9.17) is 24.5 Å². The van der Waals surface area contributed by atoms with Crippen molar-refractivity contribution in [3.05, 3.63) is 66.1 Å². The van der Waals surface area contributed by atoms with Crippen LogP contribution in [0.3, 0.4) is 0 Å². The van der Waals surface area contributed by atoms with Gasteiger partial charge in [0.1, 0.15) is 19.3 Å². The summed E-state index contributed by atoms with van der Waals surface area (Å²) in [5.41, 5.74) is 5.53. The summed E-state index contributed by atoms with van der Waals surface area (Å²) in [5, 5.41) is 35.5. The Morgan fingerprint density at radius 1 is 0.882 bits per heavy atom. The Morgan fingerprint density at radius 2 is 1.51 bits per heavy atom. The molecule has 3 aromatic heterocycles. The van der Waals surface area contributed by atoms with E-state index in [1.165, 1.54) is 0 Å². The third kappa shape index (κ3) is 10.5. The van der Waals surface area contributed by atoms with Crippen LogP contribution in [-0.2, 0) is 20.7 Å². The zero-order valence-corrected chi connectivity index (χ0v) is 33.0. The minimum atomic E-state index is -1.63. The van der Waals surface area contributed by atoms with Gasteiger partial charge in [0, 0.05) is 70.2 Å². The van der Waals surface area contributed by atoms with E-state index in [9.17, 15) is 20.1 Å². The molecule has 11 nitrogen and oxygen atoms in total. The average molecular weight is 734 g/mol. The quantitative estimate of drug-likeness (QED) is 0.0584. The zero-order valence-electron chi connectivity index (χ0n) is 31.0. The Labute approximate surface area is 303 Å². The maximum atomic E-state index is 11.9. The second-order valence-electron chi connectivity index (χ2n) is 16.2. The first-order valence-electron chi connectivity index (χ1n) is 18.1. The molecular weight excluding hydrogens is 679 g/mol. The fourth-order valence-corrected chi connectivity index (χ4v) is 8.00. The molecular formula is C38H55N5O6Si2. The molecule has 1 aromatic carbocycles. The van der Waals surface area contributed by atoms with Crippen LogP contribution in [-0.4, -0.2) is 90.0 Å². The number of rotatable bonds is 17. The fraction of sp³-hybridized carbons (Fsp3) is 0.526. The van der Waals surface area contributed by atoms with E-state index in [1.807, 2.05) is 53.6 Å². The van der Waals surface area contributed by atoms with Crippen molar-refractivity contribution in [2.24, 2.45) is 5.92 Å². The monoisotopic (exact) mass is 733 g/mol. The molecule has 5 rings (SSSR count). The second kappa shape index (κ2) is 16.9. The summed E-state index contributed by atoms with van der Waals surface area (Å²) in [6.07, 6.45) is 4.23. The molecule has 0 spiro atoms. The largest absolute Gasteiger partial charge is 0.481 e. The van der Waals surface area contributed by atoms with Crippen molar-refractivity contribution in [1.82, 2.24) is 19.6 Å². The molecule has 0 amide bonds. The lowest BCUT2D eigenvalue weighted by Crippen LogP contribution is -2.35. The zero-order chi connectivity index (χ0) is 36.8. The first kappa shape index (κ1) is 38.8. The summed E-state index contributed by atoms with van der Waals surface area (Å²) >= 11 is 0. The highest BCUT2D eigenvalue weighted by atomic mass is 28.3. The fourth-order valence-electron chi connectivity index (χ4n) is 6.49. The predicted molar refractivity (Wildman–Crippen MR) is 206 cm³/mol. The van der Waals surface area contributed by atoms with Crippen LogP contribution in [0.1, 0.15) is 42.9 Å².